The second-order valence-electron chi connectivity index (χ2n) is 10.6. The van der Waals surface area contributed by atoms with Gasteiger partial charge in [0.05, 0.1) is 13.2 Å². The Hall–Kier alpha value is -0.410. The molecule has 0 aromatic heterocycles. The molecule has 1 saturated heterocycles. The largest absolute Gasteiger partial charge is 0.348 e. The van der Waals surface area contributed by atoms with Gasteiger partial charge in [-0.1, -0.05) is 20.8 Å². The first-order chi connectivity index (χ1) is 11.8. The minimum absolute atomic E-state index is 0.00116. The average Bonchev–Trinajstić information content (AvgIpc) is 3.14. The van der Waals surface area contributed by atoms with E-state index in [1.54, 1.807) is 0 Å². The summed E-state index contributed by atoms with van der Waals surface area (Å²) >= 11 is 0. The number of fused-ring (bicyclic) bond motifs is 5. The van der Waals surface area contributed by atoms with Crippen molar-refractivity contribution in [2.24, 2.45) is 34.0 Å². The molecule has 5 fully saturated rings. The van der Waals surface area contributed by atoms with Crippen molar-refractivity contribution in [2.75, 3.05) is 13.2 Å². The lowest BCUT2D eigenvalue weighted by molar-refractivity contribution is -0.256. The number of rotatable bonds is 0. The predicted molar refractivity (Wildman–Crippen MR) is 96.0 cm³/mol. The molecule has 6 atom stereocenters. The fraction of sp³-hybridized carbons (Fsp3) is 0.955. The van der Waals surface area contributed by atoms with Gasteiger partial charge in [0.2, 0.25) is 0 Å². The lowest BCUT2D eigenvalue weighted by Gasteiger charge is -2.65. The van der Waals surface area contributed by atoms with Crippen molar-refractivity contribution in [2.45, 2.75) is 84.3 Å². The van der Waals surface area contributed by atoms with Gasteiger partial charge < -0.3 is 9.47 Å². The highest BCUT2D eigenvalue weighted by Gasteiger charge is 2.65. The highest BCUT2D eigenvalue weighted by molar-refractivity contribution is 5.87. The highest BCUT2D eigenvalue weighted by atomic mass is 16.7. The molecule has 0 aromatic carbocycles. The summed E-state index contributed by atoms with van der Waals surface area (Å²) in [5.41, 5.74) is 0.690. The number of ketones is 1. The van der Waals surface area contributed by atoms with Crippen molar-refractivity contribution >= 4 is 5.78 Å². The molecule has 4 saturated carbocycles. The van der Waals surface area contributed by atoms with Gasteiger partial charge in [-0.2, -0.15) is 0 Å². The van der Waals surface area contributed by atoms with E-state index in [1.165, 1.54) is 25.7 Å². The van der Waals surface area contributed by atoms with Crippen LogP contribution in [-0.4, -0.2) is 24.8 Å². The first-order valence-corrected chi connectivity index (χ1v) is 10.6. The lowest BCUT2D eigenvalue weighted by Crippen LogP contribution is -2.60. The molecular formula is C22H34O3. The third-order valence-electron chi connectivity index (χ3n) is 9.87. The van der Waals surface area contributed by atoms with E-state index in [9.17, 15) is 4.79 Å². The first-order valence-electron chi connectivity index (χ1n) is 10.6. The quantitative estimate of drug-likeness (QED) is 0.636. The van der Waals surface area contributed by atoms with Gasteiger partial charge in [-0.05, 0) is 67.1 Å². The molecule has 1 aliphatic heterocycles. The molecule has 3 heteroatoms. The normalized spacial score (nSPS) is 54.2. The maximum absolute atomic E-state index is 12.6. The molecule has 0 N–H and O–H groups in total. The molecule has 1 spiro atoms. The number of Topliss-reactive ketones (excluding diaryl/α,β-unsaturated/α-hetero) is 1. The Bertz CT molecular complexity index is 594. The zero-order valence-electron chi connectivity index (χ0n) is 16.2. The molecule has 0 radical (unpaired) electrons. The molecular weight excluding hydrogens is 312 g/mol. The van der Waals surface area contributed by atoms with Crippen molar-refractivity contribution in [3.05, 3.63) is 0 Å². The number of hydrogen-bond donors (Lipinski definition) is 0. The summed E-state index contributed by atoms with van der Waals surface area (Å²) < 4.78 is 12.2. The second kappa shape index (κ2) is 5.10. The van der Waals surface area contributed by atoms with Crippen LogP contribution in [0, 0.1) is 34.0 Å². The third-order valence-corrected chi connectivity index (χ3v) is 9.87. The van der Waals surface area contributed by atoms with E-state index in [0.29, 0.717) is 22.5 Å². The Morgan fingerprint density at radius 2 is 1.64 bits per heavy atom. The van der Waals surface area contributed by atoms with Crippen LogP contribution in [0.5, 0.6) is 0 Å². The summed E-state index contributed by atoms with van der Waals surface area (Å²) in [7, 11) is 0. The smallest absolute Gasteiger partial charge is 0.169 e. The summed E-state index contributed by atoms with van der Waals surface area (Å²) in [6.07, 6.45) is 10.3. The molecule has 0 aromatic rings. The van der Waals surface area contributed by atoms with Crippen LogP contribution in [0.25, 0.3) is 0 Å². The number of hydrogen-bond acceptors (Lipinski definition) is 3. The highest BCUT2D eigenvalue weighted by Crippen LogP contribution is 2.70. The summed E-state index contributed by atoms with van der Waals surface area (Å²) in [6.45, 7) is 8.91. The second-order valence-corrected chi connectivity index (χ2v) is 10.6. The minimum Gasteiger partial charge on any atom is -0.348 e. The van der Waals surface area contributed by atoms with Gasteiger partial charge in [-0.15, -0.1) is 0 Å². The van der Waals surface area contributed by atoms with Crippen molar-refractivity contribution in [1.82, 2.24) is 0 Å². The molecule has 0 unspecified atom stereocenters. The van der Waals surface area contributed by atoms with Crippen LogP contribution in [0.2, 0.25) is 0 Å². The van der Waals surface area contributed by atoms with Gasteiger partial charge in [0.25, 0.3) is 0 Å². The Balaban J connectivity index is 1.46. The van der Waals surface area contributed by atoms with E-state index >= 15 is 0 Å². The molecule has 25 heavy (non-hydrogen) atoms. The summed E-state index contributed by atoms with van der Waals surface area (Å²) in [5.74, 6) is 2.48. The van der Waals surface area contributed by atoms with E-state index < -0.39 is 0 Å². The summed E-state index contributed by atoms with van der Waals surface area (Å²) in [6, 6.07) is 0. The Labute approximate surface area is 152 Å². The number of carbonyl (C=O) groups excluding carboxylic acids is 1. The van der Waals surface area contributed by atoms with Crippen LogP contribution < -0.4 is 0 Å². The maximum atomic E-state index is 12.6. The summed E-state index contributed by atoms with van der Waals surface area (Å²) in [5, 5.41) is 0. The molecule has 3 nitrogen and oxygen atoms in total. The van der Waals surface area contributed by atoms with E-state index in [0.717, 1.165) is 57.2 Å². The lowest BCUT2D eigenvalue weighted by atomic mass is 9.40. The van der Waals surface area contributed by atoms with Crippen LogP contribution in [0.3, 0.4) is 0 Å². The first kappa shape index (κ1) is 16.7. The number of carbonyl (C=O) groups is 1. The Kier molecular flexibility index (Phi) is 3.41. The van der Waals surface area contributed by atoms with Crippen LogP contribution in [0.4, 0.5) is 0 Å². The van der Waals surface area contributed by atoms with E-state index in [4.69, 9.17) is 9.47 Å². The molecule has 1 heterocycles. The predicted octanol–water partition coefficient (Wildman–Crippen LogP) is 4.73. The molecule has 4 aliphatic carbocycles. The maximum Gasteiger partial charge on any atom is 0.169 e. The van der Waals surface area contributed by atoms with Gasteiger partial charge in [0.1, 0.15) is 5.78 Å². The Morgan fingerprint density at radius 3 is 2.40 bits per heavy atom. The monoisotopic (exact) mass is 346 g/mol. The molecule has 0 bridgehead atoms. The SMILES string of the molecule is C[C@]12CC[C@@H]3[C@H]4CCC(=O)[C@]4(C)CC[C@H]3[C@@]1(C)CCC1(C2)OCCO1. The molecule has 5 rings (SSSR count). The van der Waals surface area contributed by atoms with Gasteiger partial charge in [0.15, 0.2) is 5.79 Å². The molecule has 5 aliphatic rings. The van der Waals surface area contributed by atoms with Crippen LogP contribution in [-0.2, 0) is 14.3 Å². The van der Waals surface area contributed by atoms with Gasteiger partial charge in [-0.3, -0.25) is 4.79 Å². The van der Waals surface area contributed by atoms with Crippen LogP contribution >= 0.6 is 0 Å². The minimum atomic E-state index is -0.284. The fourth-order valence-corrected chi connectivity index (χ4v) is 8.12. The van der Waals surface area contributed by atoms with Crippen molar-refractivity contribution in [3.8, 4) is 0 Å². The van der Waals surface area contributed by atoms with Gasteiger partial charge >= 0.3 is 0 Å². The topological polar surface area (TPSA) is 35.5 Å². The molecule has 140 valence electrons. The zero-order valence-corrected chi connectivity index (χ0v) is 16.2. The number of ether oxygens (including phenoxy) is 2. The van der Waals surface area contributed by atoms with Crippen LogP contribution in [0.1, 0.15) is 78.6 Å². The fourth-order valence-electron chi connectivity index (χ4n) is 8.12. The van der Waals surface area contributed by atoms with Crippen molar-refractivity contribution < 1.29 is 14.3 Å². The molecule has 0 amide bonds. The van der Waals surface area contributed by atoms with Crippen molar-refractivity contribution in [3.63, 3.8) is 0 Å². The van der Waals surface area contributed by atoms with E-state index in [-0.39, 0.29) is 11.2 Å². The van der Waals surface area contributed by atoms with Gasteiger partial charge in [-0.25, -0.2) is 0 Å². The Morgan fingerprint density at radius 1 is 0.880 bits per heavy atom. The average molecular weight is 347 g/mol. The summed E-state index contributed by atoms with van der Waals surface area (Å²) in [4.78, 5) is 12.6. The van der Waals surface area contributed by atoms with Gasteiger partial charge in [0, 0.05) is 24.7 Å². The third kappa shape index (κ3) is 2.03. The zero-order chi connectivity index (χ0) is 17.5. The van der Waals surface area contributed by atoms with E-state index in [1.807, 2.05) is 0 Å². The van der Waals surface area contributed by atoms with Crippen molar-refractivity contribution in [1.29, 1.82) is 0 Å². The standard InChI is InChI=1S/C22H34O3/c1-19-8-6-15-16-4-5-18(23)20(16,2)9-7-17(15)21(19,3)10-11-22(14-19)24-12-13-25-22/h15-17H,4-14H2,1-3H3/t15-,16-,17-,19-,20-,21-/m1/s1. The van der Waals surface area contributed by atoms with E-state index in [2.05, 4.69) is 20.8 Å². The van der Waals surface area contributed by atoms with Crippen LogP contribution in [0.15, 0.2) is 0 Å².